The van der Waals surface area contributed by atoms with Gasteiger partial charge in [-0.1, -0.05) is 12.1 Å². The Balaban J connectivity index is 1.82. The summed E-state index contributed by atoms with van der Waals surface area (Å²) in [6, 6.07) is 8.96. The Labute approximate surface area is 316 Å². The maximum atomic E-state index is 14.2. The van der Waals surface area contributed by atoms with Gasteiger partial charge in [-0.05, 0) is 55.0 Å². The van der Waals surface area contributed by atoms with Crippen LogP contribution in [0.5, 0.6) is 17.2 Å². The molecule has 0 bridgehead atoms. The molecular weight excluding hydrogens is 818 g/mol. The van der Waals surface area contributed by atoms with E-state index in [2.05, 4.69) is 15.4 Å². The number of carbonyl (C=O) groups is 3. The van der Waals surface area contributed by atoms with Crippen molar-refractivity contribution in [1.29, 1.82) is 0 Å². The van der Waals surface area contributed by atoms with E-state index in [1.165, 1.54) is 70.7 Å². The second kappa shape index (κ2) is 16.9. The fourth-order valence-corrected chi connectivity index (χ4v) is 5.39. The van der Waals surface area contributed by atoms with Gasteiger partial charge in [0.05, 0.1) is 57.3 Å². The summed E-state index contributed by atoms with van der Waals surface area (Å²) in [6.07, 6.45) is -8.49. The summed E-state index contributed by atoms with van der Waals surface area (Å²) in [7, 11) is 4.00. The summed E-state index contributed by atoms with van der Waals surface area (Å²) in [5.41, 5.74) is -3.05. The first-order chi connectivity index (χ1) is 25.7. The number of rotatable bonds is 12. The zero-order valence-corrected chi connectivity index (χ0v) is 30.6. The number of nitrogens with zero attached hydrogens (tertiary/aromatic N) is 4. The number of methoxy groups -OCH3 is 3. The van der Waals surface area contributed by atoms with Gasteiger partial charge in [-0.3, -0.25) is 24.8 Å². The van der Waals surface area contributed by atoms with Crippen molar-refractivity contribution in [2.24, 2.45) is 0 Å². The van der Waals surface area contributed by atoms with E-state index in [1.54, 1.807) is 0 Å². The normalized spacial score (nSPS) is 12.4. The SMILES string of the molecule is COc1ccc(CN(NC(=O)c2nccnc2C(C)N(Cc2ccc(OC)cc2OC)C(=O)c2cc(C(F)(F)F)cc(C(F)(F)F)c2)C(=O)C(F)(F)Br)cc1. The molecule has 1 unspecified atom stereocenters. The summed E-state index contributed by atoms with van der Waals surface area (Å²) in [5.74, 6) is -3.75. The lowest BCUT2D eigenvalue weighted by molar-refractivity contribution is -0.149. The Morgan fingerprint density at radius 3 is 1.85 bits per heavy atom. The van der Waals surface area contributed by atoms with E-state index in [0.717, 1.165) is 17.3 Å². The lowest BCUT2D eigenvalue weighted by atomic mass is 10.0. The zero-order valence-electron chi connectivity index (χ0n) is 29.1. The van der Waals surface area contributed by atoms with Gasteiger partial charge < -0.3 is 19.1 Å². The zero-order chi connectivity index (χ0) is 40.9. The van der Waals surface area contributed by atoms with Gasteiger partial charge in [-0.15, -0.1) is 0 Å². The minimum Gasteiger partial charge on any atom is -0.497 e. The van der Waals surface area contributed by atoms with Crippen molar-refractivity contribution in [2.45, 2.75) is 43.2 Å². The van der Waals surface area contributed by atoms with E-state index in [1.807, 2.05) is 15.9 Å². The number of aromatic nitrogens is 2. The highest BCUT2D eigenvalue weighted by molar-refractivity contribution is 9.10. The molecule has 4 rings (SSSR count). The van der Waals surface area contributed by atoms with Crippen molar-refractivity contribution < 1.29 is 63.7 Å². The maximum Gasteiger partial charge on any atom is 0.416 e. The molecule has 1 atom stereocenters. The standard InChI is InChI=1S/C35H30BrF8N5O6/c1-19(28-29(46-12-11-45-28)30(50)47-49(32(52)33(36,37)38)17-20-5-8-25(53-2)9-6-20)48(18-21-7-10-26(54-3)16-27(21)55-4)31(51)22-13-23(34(39,40)41)15-24(14-22)35(42,43)44/h5-16,19H,17-18H2,1-4H3,(H,47,50). The van der Waals surface area contributed by atoms with Gasteiger partial charge >= 0.3 is 23.1 Å². The highest BCUT2D eigenvalue weighted by Gasteiger charge is 2.41. The lowest BCUT2D eigenvalue weighted by Gasteiger charge is -2.31. The van der Waals surface area contributed by atoms with Crippen LogP contribution in [0.2, 0.25) is 0 Å². The predicted molar refractivity (Wildman–Crippen MR) is 181 cm³/mol. The molecule has 0 saturated heterocycles. The molecule has 4 aromatic rings. The number of ether oxygens (including phenoxy) is 3. The fourth-order valence-electron chi connectivity index (χ4n) is 5.18. The number of hydrogen-bond donors (Lipinski definition) is 1. The molecule has 0 spiro atoms. The topological polar surface area (TPSA) is 123 Å². The van der Waals surface area contributed by atoms with Gasteiger partial charge in [0.2, 0.25) is 0 Å². The monoisotopic (exact) mass is 847 g/mol. The molecule has 1 aromatic heterocycles. The molecule has 11 nitrogen and oxygen atoms in total. The van der Waals surface area contributed by atoms with Crippen LogP contribution >= 0.6 is 15.9 Å². The van der Waals surface area contributed by atoms with E-state index in [0.29, 0.717) is 11.5 Å². The third kappa shape index (κ3) is 10.4. The van der Waals surface area contributed by atoms with Gasteiger partial charge in [0.15, 0.2) is 5.69 Å². The van der Waals surface area contributed by atoms with Crippen molar-refractivity contribution in [1.82, 2.24) is 25.3 Å². The number of nitrogens with one attached hydrogen (secondary N) is 1. The van der Waals surface area contributed by atoms with Gasteiger partial charge in [0.25, 0.3) is 11.8 Å². The summed E-state index contributed by atoms with van der Waals surface area (Å²) >= 11 is 1.98. The lowest BCUT2D eigenvalue weighted by Crippen LogP contribution is -2.51. The number of alkyl halides is 9. The number of amides is 3. The fraction of sp³-hybridized carbons (Fsp3) is 0.286. The molecule has 1 N–H and O–H groups in total. The molecule has 294 valence electrons. The quantitative estimate of drug-likeness (QED) is 0.0879. The first-order valence-electron chi connectivity index (χ1n) is 15.6. The van der Waals surface area contributed by atoms with Gasteiger partial charge in [-0.2, -0.15) is 35.1 Å². The number of hydrazine groups is 1. The molecule has 0 radical (unpaired) electrons. The molecule has 3 amide bonds. The van der Waals surface area contributed by atoms with Crippen LogP contribution < -0.4 is 19.6 Å². The van der Waals surface area contributed by atoms with Crippen molar-refractivity contribution in [2.75, 3.05) is 21.3 Å². The van der Waals surface area contributed by atoms with E-state index >= 15 is 0 Å². The second-order valence-corrected chi connectivity index (χ2v) is 12.5. The van der Waals surface area contributed by atoms with E-state index in [9.17, 15) is 49.5 Å². The van der Waals surface area contributed by atoms with Crippen LogP contribution in [0.4, 0.5) is 35.1 Å². The highest BCUT2D eigenvalue weighted by Crippen LogP contribution is 2.38. The molecule has 20 heteroatoms. The largest absolute Gasteiger partial charge is 0.497 e. The first kappa shape index (κ1) is 42.2. The van der Waals surface area contributed by atoms with Crippen molar-refractivity contribution in [3.05, 3.63) is 112 Å². The highest BCUT2D eigenvalue weighted by atomic mass is 79.9. The average molecular weight is 849 g/mol. The smallest absolute Gasteiger partial charge is 0.416 e. The van der Waals surface area contributed by atoms with Crippen LogP contribution in [0.3, 0.4) is 0 Å². The van der Waals surface area contributed by atoms with Crippen LogP contribution in [-0.4, -0.2) is 63.8 Å². The molecule has 0 saturated carbocycles. The van der Waals surface area contributed by atoms with Crippen LogP contribution in [-0.2, 0) is 30.2 Å². The van der Waals surface area contributed by atoms with Gasteiger partial charge in [0.1, 0.15) is 17.2 Å². The Morgan fingerprint density at radius 1 is 0.764 bits per heavy atom. The number of halogens is 9. The maximum absolute atomic E-state index is 14.2. The van der Waals surface area contributed by atoms with Crippen LogP contribution in [0.15, 0.2) is 73.1 Å². The summed E-state index contributed by atoms with van der Waals surface area (Å²) in [6.45, 7) is 0.0973. The van der Waals surface area contributed by atoms with E-state index < -0.39 is 76.4 Å². The predicted octanol–water partition coefficient (Wildman–Crippen LogP) is 7.60. The van der Waals surface area contributed by atoms with Crippen molar-refractivity contribution >= 4 is 33.7 Å². The van der Waals surface area contributed by atoms with Crippen LogP contribution in [0.1, 0.15) is 61.8 Å². The summed E-state index contributed by atoms with van der Waals surface area (Å²) in [4.78, 5) is 45.4. The molecule has 0 aliphatic rings. The Hall–Kier alpha value is -5.53. The summed E-state index contributed by atoms with van der Waals surface area (Å²) < 4.78 is 127. The minimum atomic E-state index is -5.29. The Morgan fingerprint density at radius 2 is 1.33 bits per heavy atom. The van der Waals surface area contributed by atoms with Crippen LogP contribution in [0, 0.1) is 0 Å². The molecule has 0 aliphatic carbocycles. The van der Waals surface area contributed by atoms with E-state index in [4.69, 9.17) is 14.2 Å². The van der Waals surface area contributed by atoms with Crippen molar-refractivity contribution in [3.8, 4) is 17.2 Å². The third-order valence-corrected chi connectivity index (χ3v) is 8.30. The molecule has 0 aliphatic heterocycles. The first-order valence-corrected chi connectivity index (χ1v) is 16.4. The number of benzene rings is 3. The minimum absolute atomic E-state index is 0.102. The summed E-state index contributed by atoms with van der Waals surface area (Å²) in [5, 5.41) is 0.286. The third-order valence-electron chi connectivity index (χ3n) is 7.96. The average Bonchev–Trinajstić information content (AvgIpc) is 3.14. The Kier molecular flexibility index (Phi) is 12.9. The van der Waals surface area contributed by atoms with Gasteiger partial charge in [0, 0.05) is 45.5 Å². The van der Waals surface area contributed by atoms with Gasteiger partial charge in [-0.25, -0.2) is 9.99 Å². The molecule has 0 fully saturated rings. The number of carbonyl (C=O) groups excluding carboxylic acids is 3. The van der Waals surface area contributed by atoms with Crippen molar-refractivity contribution in [3.63, 3.8) is 0 Å². The molecular formula is C35H30BrF8N5O6. The second-order valence-electron chi connectivity index (χ2n) is 11.5. The molecule has 3 aromatic carbocycles. The molecule has 55 heavy (non-hydrogen) atoms. The van der Waals surface area contributed by atoms with E-state index in [-0.39, 0.29) is 45.8 Å². The van der Waals surface area contributed by atoms with Crippen LogP contribution in [0.25, 0.3) is 0 Å². The molecule has 1 heterocycles. The Bertz CT molecular complexity index is 1990. The number of hydrogen-bond acceptors (Lipinski definition) is 8.